The lowest BCUT2D eigenvalue weighted by Gasteiger charge is -2.07. The second-order valence-corrected chi connectivity index (χ2v) is 4.05. The highest BCUT2D eigenvalue weighted by molar-refractivity contribution is 5.45. The molecular weight excluding hydrogens is 236 g/mol. The first-order valence-corrected chi connectivity index (χ1v) is 5.82. The quantitative estimate of drug-likeness (QED) is 0.904. The van der Waals surface area contributed by atoms with Crippen LogP contribution in [0.4, 0.5) is 14.5 Å². The molecule has 0 aliphatic carbocycles. The number of hydrogen-bond acceptors (Lipinski definition) is 2. The van der Waals surface area contributed by atoms with Crippen LogP contribution in [0.2, 0.25) is 0 Å². The van der Waals surface area contributed by atoms with Gasteiger partial charge in [0.1, 0.15) is 11.6 Å². The fourth-order valence-corrected chi connectivity index (χ4v) is 1.80. The summed E-state index contributed by atoms with van der Waals surface area (Å²) in [5.74, 6) is -0.920. The van der Waals surface area contributed by atoms with Crippen molar-refractivity contribution in [3.63, 3.8) is 0 Å². The monoisotopic (exact) mass is 251 g/mol. The molecule has 1 aromatic carbocycles. The Kier molecular flexibility index (Phi) is 3.60. The summed E-state index contributed by atoms with van der Waals surface area (Å²) in [7, 11) is 0. The van der Waals surface area contributed by atoms with Gasteiger partial charge in [-0.05, 0) is 32.0 Å². The van der Waals surface area contributed by atoms with E-state index in [1.165, 1.54) is 0 Å². The number of rotatable bonds is 4. The average molecular weight is 251 g/mol. The van der Waals surface area contributed by atoms with Gasteiger partial charge in [0.05, 0.1) is 11.9 Å². The third-order valence-corrected chi connectivity index (χ3v) is 2.90. The summed E-state index contributed by atoms with van der Waals surface area (Å²) < 4.78 is 28.2. The van der Waals surface area contributed by atoms with Gasteiger partial charge < -0.3 is 5.32 Å². The van der Waals surface area contributed by atoms with Gasteiger partial charge in [0.15, 0.2) is 0 Å². The second kappa shape index (κ2) is 5.16. The van der Waals surface area contributed by atoms with Crippen molar-refractivity contribution in [2.45, 2.75) is 26.9 Å². The van der Waals surface area contributed by atoms with Crippen molar-refractivity contribution in [1.29, 1.82) is 0 Å². The highest BCUT2D eigenvalue weighted by Crippen LogP contribution is 2.17. The normalized spacial score (nSPS) is 10.7. The molecule has 2 aromatic rings. The first kappa shape index (κ1) is 12.5. The predicted molar refractivity (Wildman–Crippen MR) is 66.3 cm³/mol. The van der Waals surface area contributed by atoms with E-state index in [4.69, 9.17) is 0 Å². The Morgan fingerprint density at radius 2 is 2.11 bits per heavy atom. The molecule has 1 heterocycles. The third kappa shape index (κ3) is 2.50. The van der Waals surface area contributed by atoms with E-state index in [9.17, 15) is 8.78 Å². The van der Waals surface area contributed by atoms with Crippen LogP contribution in [0.1, 0.15) is 18.2 Å². The minimum atomic E-state index is -0.461. The first-order valence-electron chi connectivity index (χ1n) is 5.82. The SMILES string of the molecule is CCn1ncc(CNc2cc(F)ccc2F)c1C. The summed E-state index contributed by atoms with van der Waals surface area (Å²) in [5.41, 5.74) is 2.17. The molecule has 0 aliphatic rings. The molecule has 0 fully saturated rings. The van der Waals surface area contributed by atoms with Crippen molar-refractivity contribution < 1.29 is 8.78 Å². The summed E-state index contributed by atoms with van der Waals surface area (Å²) in [6.45, 7) is 5.17. The third-order valence-electron chi connectivity index (χ3n) is 2.90. The van der Waals surface area contributed by atoms with Crippen LogP contribution in [0, 0.1) is 18.6 Å². The maximum atomic E-state index is 13.4. The van der Waals surface area contributed by atoms with Crippen molar-refractivity contribution in [3.05, 3.63) is 47.3 Å². The van der Waals surface area contributed by atoms with E-state index < -0.39 is 11.6 Å². The van der Waals surface area contributed by atoms with E-state index in [1.807, 2.05) is 18.5 Å². The fraction of sp³-hybridized carbons (Fsp3) is 0.308. The summed E-state index contributed by atoms with van der Waals surface area (Å²) in [6, 6.07) is 3.36. The number of nitrogens with one attached hydrogen (secondary N) is 1. The van der Waals surface area contributed by atoms with Crippen LogP contribution in [0.25, 0.3) is 0 Å². The largest absolute Gasteiger partial charge is 0.378 e. The molecule has 0 atom stereocenters. The predicted octanol–water partition coefficient (Wildman–Crippen LogP) is 3.10. The lowest BCUT2D eigenvalue weighted by atomic mass is 10.2. The lowest BCUT2D eigenvalue weighted by Crippen LogP contribution is -2.04. The molecule has 2 rings (SSSR count). The van der Waals surface area contributed by atoms with Gasteiger partial charge in [0.2, 0.25) is 0 Å². The minimum absolute atomic E-state index is 0.165. The Labute approximate surface area is 104 Å². The summed E-state index contributed by atoms with van der Waals surface area (Å²) in [5, 5.41) is 7.08. The van der Waals surface area contributed by atoms with Crippen LogP contribution < -0.4 is 5.32 Å². The highest BCUT2D eigenvalue weighted by atomic mass is 19.1. The minimum Gasteiger partial charge on any atom is -0.378 e. The van der Waals surface area contributed by atoms with Crippen LogP contribution in [0.3, 0.4) is 0 Å². The fourth-order valence-electron chi connectivity index (χ4n) is 1.80. The van der Waals surface area contributed by atoms with Gasteiger partial charge in [0, 0.05) is 24.3 Å². The van der Waals surface area contributed by atoms with E-state index in [2.05, 4.69) is 10.4 Å². The van der Waals surface area contributed by atoms with Gasteiger partial charge in [-0.1, -0.05) is 0 Å². The molecule has 1 N–H and O–H groups in total. The highest BCUT2D eigenvalue weighted by Gasteiger charge is 2.07. The van der Waals surface area contributed by atoms with Crippen molar-refractivity contribution in [1.82, 2.24) is 9.78 Å². The van der Waals surface area contributed by atoms with Crippen LogP contribution in [0.15, 0.2) is 24.4 Å². The lowest BCUT2D eigenvalue weighted by molar-refractivity contribution is 0.602. The second-order valence-electron chi connectivity index (χ2n) is 4.05. The summed E-state index contributed by atoms with van der Waals surface area (Å²) in [6.07, 6.45) is 1.74. The smallest absolute Gasteiger partial charge is 0.146 e. The zero-order valence-corrected chi connectivity index (χ0v) is 10.4. The van der Waals surface area contributed by atoms with Gasteiger partial charge in [0.25, 0.3) is 0 Å². The number of halogens is 2. The van der Waals surface area contributed by atoms with Gasteiger partial charge in [-0.15, -0.1) is 0 Å². The van der Waals surface area contributed by atoms with Gasteiger partial charge >= 0.3 is 0 Å². The van der Waals surface area contributed by atoms with Crippen molar-refractivity contribution in [2.75, 3.05) is 5.32 Å². The van der Waals surface area contributed by atoms with E-state index in [-0.39, 0.29) is 5.69 Å². The van der Waals surface area contributed by atoms with Crippen LogP contribution in [-0.2, 0) is 13.1 Å². The molecule has 0 aliphatic heterocycles. The maximum absolute atomic E-state index is 13.4. The molecule has 0 amide bonds. The molecule has 0 bridgehead atoms. The number of anilines is 1. The van der Waals surface area contributed by atoms with Gasteiger partial charge in [-0.3, -0.25) is 4.68 Å². The Morgan fingerprint density at radius 3 is 2.78 bits per heavy atom. The van der Waals surface area contributed by atoms with E-state index in [0.717, 1.165) is 36.0 Å². The average Bonchev–Trinajstić information content (AvgIpc) is 2.71. The Balaban J connectivity index is 2.11. The molecule has 1 aromatic heterocycles. The van der Waals surface area contributed by atoms with Crippen molar-refractivity contribution in [3.8, 4) is 0 Å². The van der Waals surface area contributed by atoms with Crippen molar-refractivity contribution in [2.24, 2.45) is 0 Å². The molecule has 0 unspecified atom stereocenters. The zero-order chi connectivity index (χ0) is 13.1. The standard InChI is InChI=1S/C13H15F2N3/c1-3-18-9(2)10(8-17-18)7-16-13-6-11(14)4-5-12(13)15/h4-6,8,16H,3,7H2,1-2H3. The zero-order valence-electron chi connectivity index (χ0n) is 10.4. The molecule has 3 nitrogen and oxygen atoms in total. The Bertz CT molecular complexity index is 549. The molecule has 0 radical (unpaired) electrons. The van der Waals surface area contributed by atoms with Gasteiger partial charge in [-0.25, -0.2) is 8.78 Å². The first-order chi connectivity index (χ1) is 8.61. The Hall–Kier alpha value is -1.91. The number of hydrogen-bond donors (Lipinski definition) is 1. The summed E-state index contributed by atoms with van der Waals surface area (Å²) in [4.78, 5) is 0. The molecule has 0 saturated heterocycles. The molecule has 5 heteroatoms. The number of nitrogens with zero attached hydrogens (tertiary/aromatic N) is 2. The van der Waals surface area contributed by atoms with E-state index in [0.29, 0.717) is 6.54 Å². The van der Waals surface area contributed by atoms with E-state index >= 15 is 0 Å². The van der Waals surface area contributed by atoms with Gasteiger partial charge in [-0.2, -0.15) is 5.10 Å². The molecule has 0 saturated carbocycles. The van der Waals surface area contributed by atoms with Crippen LogP contribution in [-0.4, -0.2) is 9.78 Å². The maximum Gasteiger partial charge on any atom is 0.146 e. The summed E-state index contributed by atoms with van der Waals surface area (Å²) >= 11 is 0. The molecular formula is C13H15F2N3. The van der Waals surface area contributed by atoms with E-state index in [1.54, 1.807) is 6.20 Å². The van der Waals surface area contributed by atoms with Crippen molar-refractivity contribution >= 4 is 5.69 Å². The molecule has 96 valence electrons. The topological polar surface area (TPSA) is 29.9 Å². The molecule has 18 heavy (non-hydrogen) atoms. The molecule has 0 spiro atoms. The number of aryl methyl sites for hydroxylation is 1. The van der Waals surface area contributed by atoms with Crippen LogP contribution in [0.5, 0.6) is 0 Å². The number of benzene rings is 1. The number of aromatic nitrogens is 2. The Morgan fingerprint density at radius 1 is 1.33 bits per heavy atom. The van der Waals surface area contributed by atoms with Crippen LogP contribution >= 0.6 is 0 Å².